The summed E-state index contributed by atoms with van der Waals surface area (Å²) in [6, 6.07) is 7.18. The molecule has 1 aromatic carbocycles. The van der Waals surface area contributed by atoms with Crippen LogP contribution in [0.5, 0.6) is 5.75 Å². The predicted molar refractivity (Wildman–Crippen MR) is 57.1 cm³/mol. The van der Waals surface area contributed by atoms with E-state index in [9.17, 15) is 5.11 Å². The van der Waals surface area contributed by atoms with Crippen molar-refractivity contribution in [3.8, 4) is 5.75 Å². The molecule has 0 radical (unpaired) electrons. The van der Waals surface area contributed by atoms with E-state index in [0.29, 0.717) is 0 Å². The maximum absolute atomic E-state index is 9.38. The molecule has 0 aromatic heterocycles. The molecule has 1 aromatic rings. The Morgan fingerprint density at radius 2 is 2.00 bits per heavy atom. The first-order valence-electron chi connectivity index (χ1n) is 4.30. The quantitative estimate of drug-likeness (QED) is 0.591. The molecule has 1 N–H and O–H groups in total. The molecule has 0 atom stereocenters. The zero-order valence-corrected chi connectivity index (χ0v) is 9.05. The summed E-state index contributed by atoms with van der Waals surface area (Å²) in [5.74, 6) is 0.285. The molecule has 1 rings (SSSR count). The Morgan fingerprint density at radius 1 is 1.31 bits per heavy atom. The average molecular weight is 194 g/mol. The minimum absolute atomic E-state index is 0.285. The molecule has 0 spiro atoms. The molecule has 0 unspecified atom stereocenters. The van der Waals surface area contributed by atoms with Crippen molar-refractivity contribution in [1.82, 2.24) is 0 Å². The van der Waals surface area contributed by atoms with Gasteiger partial charge >= 0.3 is 0 Å². The normalized spacial score (nSPS) is 11.0. The Labute approximate surface area is 80.2 Å². The summed E-state index contributed by atoms with van der Waals surface area (Å²) in [5, 5.41) is 9.38. The highest BCUT2D eigenvalue weighted by molar-refractivity contribution is 6.48. The summed E-state index contributed by atoms with van der Waals surface area (Å²) in [5.41, 5.74) is 0.789. The summed E-state index contributed by atoms with van der Waals surface area (Å²) in [4.78, 5) is 0. The molecular formula is C10H14O2Si. The van der Waals surface area contributed by atoms with E-state index in [1.54, 1.807) is 24.5 Å². The number of hydrogen-bond donors (Lipinski definition) is 1. The van der Waals surface area contributed by atoms with Gasteiger partial charge in [-0.3, -0.25) is 0 Å². The molecule has 0 aliphatic heterocycles. The van der Waals surface area contributed by atoms with Gasteiger partial charge in [0.25, 0.3) is 0 Å². The van der Waals surface area contributed by atoms with Gasteiger partial charge in [0, 0.05) is 5.56 Å². The van der Waals surface area contributed by atoms with Crippen LogP contribution in [0.25, 0.3) is 6.08 Å². The van der Waals surface area contributed by atoms with E-state index in [-0.39, 0.29) is 5.75 Å². The lowest BCUT2D eigenvalue weighted by Gasteiger charge is -2.02. The zero-order chi connectivity index (χ0) is 9.68. The van der Waals surface area contributed by atoms with Gasteiger partial charge in [-0.05, 0) is 25.2 Å². The highest BCUT2D eigenvalue weighted by Crippen LogP contribution is 2.16. The van der Waals surface area contributed by atoms with Crippen LogP contribution in [0.3, 0.4) is 0 Å². The first-order chi connectivity index (χ1) is 6.20. The molecule has 0 saturated carbocycles. The highest BCUT2D eigenvalue weighted by Gasteiger charge is 1.94. The first kappa shape index (κ1) is 9.86. The molecule has 0 aliphatic rings. The second kappa shape index (κ2) is 4.72. The third-order valence-corrected chi connectivity index (χ3v) is 2.24. The van der Waals surface area contributed by atoms with Crippen molar-refractivity contribution < 1.29 is 9.53 Å². The average Bonchev–Trinajstić information content (AvgIpc) is 2.08. The molecule has 0 aliphatic carbocycles. The lowest BCUT2D eigenvalue weighted by Crippen LogP contribution is -2.00. The van der Waals surface area contributed by atoms with Crippen LogP contribution in [0.4, 0.5) is 0 Å². The van der Waals surface area contributed by atoms with E-state index in [1.165, 1.54) is 0 Å². The van der Waals surface area contributed by atoms with Gasteiger partial charge in [0.2, 0.25) is 9.04 Å². The zero-order valence-electron chi connectivity index (χ0n) is 7.90. The van der Waals surface area contributed by atoms with E-state index in [1.807, 2.05) is 12.1 Å². The van der Waals surface area contributed by atoms with E-state index in [2.05, 4.69) is 13.1 Å². The van der Waals surface area contributed by atoms with Crippen molar-refractivity contribution in [3.63, 3.8) is 0 Å². The monoisotopic (exact) mass is 194 g/mol. The second-order valence-corrected chi connectivity index (χ2v) is 5.42. The van der Waals surface area contributed by atoms with Gasteiger partial charge in [-0.25, -0.2) is 0 Å². The number of benzene rings is 1. The van der Waals surface area contributed by atoms with Crippen molar-refractivity contribution in [2.75, 3.05) is 0 Å². The van der Waals surface area contributed by atoms with E-state index in [4.69, 9.17) is 4.43 Å². The molecule has 0 heterocycles. The van der Waals surface area contributed by atoms with Crippen molar-refractivity contribution in [2.24, 2.45) is 0 Å². The fourth-order valence-corrected chi connectivity index (χ4v) is 1.29. The Kier molecular flexibility index (Phi) is 3.58. The van der Waals surface area contributed by atoms with Crippen molar-refractivity contribution >= 4 is 15.1 Å². The van der Waals surface area contributed by atoms with Gasteiger partial charge in [0.05, 0.1) is 6.26 Å². The Balaban J connectivity index is 2.63. The summed E-state index contributed by atoms with van der Waals surface area (Å²) in [6.07, 6.45) is 3.44. The van der Waals surface area contributed by atoms with Gasteiger partial charge < -0.3 is 9.53 Å². The molecule has 0 bridgehead atoms. The van der Waals surface area contributed by atoms with Gasteiger partial charge in [0.15, 0.2) is 0 Å². The van der Waals surface area contributed by atoms with Crippen LogP contribution in [0.15, 0.2) is 30.5 Å². The maximum atomic E-state index is 9.38. The van der Waals surface area contributed by atoms with Gasteiger partial charge in [-0.15, -0.1) is 0 Å². The fraction of sp³-hybridized carbons (Fsp3) is 0.200. The number of phenolic OH excluding ortho intramolecular Hbond substituents is 1. The number of hydrogen-bond acceptors (Lipinski definition) is 2. The molecule has 3 heteroatoms. The van der Waals surface area contributed by atoms with Crippen LogP contribution >= 0.6 is 0 Å². The van der Waals surface area contributed by atoms with Crippen molar-refractivity contribution in [1.29, 1.82) is 0 Å². The number of rotatable bonds is 3. The SMILES string of the molecule is C[SiH](C)OC=Cc1ccccc1O. The number of phenols is 1. The molecule has 0 fully saturated rings. The Bertz CT molecular complexity index is 295. The smallest absolute Gasteiger partial charge is 0.228 e. The minimum Gasteiger partial charge on any atom is -0.552 e. The lowest BCUT2D eigenvalue weighted by atomic mass is 10.2. The number of para-hydroxylation sites is 1. The first-order valence-corrected chi connectivity index (χ1v) is 7.08. The Hall–Kier alpha value is -1.22. The standard InChI is InChI=1S/C10H14O2Si/c1-13(2)12-8-7-9-5-3-4-6-10(9)11/h3-8,11,13H,1-2H3. The third kappa shape index (κ3) is 3.34. The van der Waals surface area contributed by atoms with Crippen molar-refractivity contribution in [3.05, 3.63) is 36.1 Å². The van der Waals surface area contributed by atoms with Crippen LogP contribution < -0.4 is 0 Å². The molecule has 13 heavy (non-hydrogen) atoms. The predicted octanol–water partition coefficient (Wildman–Crippen LogP) is 2.36. The lowest BCUT2D eigenvalue weighted by molar-refractivity contribution is 0.473. The van der Waals surface area contributed by atoms with Gasteiger partial charge in [-0.2, -0.15) is 0 Å². The van der Waals surface area contributed by atoms with Crippen LogP contribution in [-0.2, 0) is 4.43 Å². The maximum Gasteiger partial charge on any atom is 0.228 e. The topological polar surface area (TPSA) is 29.5 Å². The molecular weight excluding hydrogens is 180 g/mol. The summed E-state index contributed by atoms with van der Waals surface area (Å²) in [6.45, 7) is 4.18. The molecule has 70 valence electrons. The molecule has 2 nitrogen and oxygen atoms in total. The van der Waals surface area contributed by atoms with Crippen LogP contribution in [0, 0.1) is 0 Å². The summed E-state index contributed by atoms with van der Waals surface area (Å²) in [7, 11) is -0.996. The number of aromatic hydroxyl groups is 1. The Morgan fingerprint density at radius 3 is 2.62 bits per heavy atom. The largest absolute Gasteiger partial charge is 0.552 e. The third-order valence-electron chi connectivity index (χ3n) is 1.54. The van der Waals surface area contributed by atoms with Crippen molar-refractivity contribution in [2.45, 2.75) is 13.1 Å². The van der Waals surface area contributed by atoms with Crippen LogP contribution in [0.1, 0.15) is 5.56 Å². The van der Waals surface area contributed by atoms with Crippen LogP contribution in [-0.4, -0.2) is 14.1 Å². The minimum atomic E-state index is -0.996. The van der Waals surface area contributed by atoms with Gasteiger partial charge in [0.1, 0.15) is 5.75 Å². The second-order valence-electron chi connectivity index (χ2n) is 3.05. The summed E-state index contributed by atoms with van der Waals surface area (Å²) >= 11 is 0. The summed E-state index contributed by atoms with van der Waals surface area (Å²) < 4.78 is 5.35. The van der Waals surface area contributed by atoms with Crippen LogP contribution in [0.2, 0.25) is 13.1 Å². The van der Waals surface area contributed by atoms with Gasteiger partial charge in [-0.1, -0.05) is 18.2 Å². The van der Waals surface area contributed by atoms with E-state index in [0.717, 1.165) is 5.56 Å². The highest BCUT2D eigenvalue weighted by atomic mass is 28.3. The molecule has 0 amide bonds. The van der Waals surface area contributed by atoms with E-state index < -0.39 is 9.04 Å². The molecule has 0 saturated heterocycles. The fourth-order valence-electron chi connectivity index (χ4n) is 0.898. The van der Waals surface area contributed by atoms with E-state index >= 15 is 0 Å².